The summed E-state index contributed by atoms with van der Waals surface area (Å²) in [7, 11) is 0. The maximum absolute atomic E-state index is 12.7. The Bertz CT molecular complexity index is 2100. The minimum absolute atomic E-state index is 0.766. The standard InChI is InChI=1S/C48H83N3O34/c1-12-25(61)33(69)36(72)45(75-12)84-41-35(71)29(65)20(8-54)79-47(41)83-40-31(67)22(10-56)80-48(42(40)85-46-37(73)34(70)26(62)13(2)76-46)81-38(17(6-52)49-14(3)57)27(63)18(60)11-74-43-24(51-16(5)59)39(30(66)21(9-55)77-43)82-44-23(50-15(4)58)32(68)28(64)19(7-53)78-44/h12-13,17-48,52-56,60-73H,6-11H2,1-5H3,(H,49,57)(H,50,58)(H,51,59)/t12-,13-,17-,18+,19+,20+,21+,22+,23+,24+,25+,26+,27-,28+,29-,30+,31-,32+,33+,34+,35-,36-,37-,38+,39+,40-,41+,42+,43+,44-,45-,46-,47-,48-/m0/s1. The molecule has 6 rings (SSSR count). The Labute approximate surface area is 483 Å². The minimum atomic E-state index is -2.45. The summed E-state index contributed by atoms with van der Waals surface area (Å²) in [6, 6.07) is -5.14. The Balaban J connectivity index is 1.35. The van der Waals surface area contributed by atoms with Crippen molar-refractivity contribution in [2.75, 3.05) is 39.6 Å². The first-order valence-corrected chi connectivity index (χ1v) is 27.2. The molecule has 3 amide bonds. The predicted molar refractivity (Wildman–Crippen MR) is 266 cm³/mol. The van der Waals surface area contributed by atoms with Crippen LogP contribution in [-0.4, -0.2) is 363 Å². The van der Waals surface area contributed by atoms with Gasteiger partial charge in [-0.15, -0.1) is 0 Å². The van der Waals surface area contributed by atoms with Gasteiger partial charge in [-0.05, 0) is 13.8 Å². The van der Waals surface area contributed by atoms with E-state index in [9.17, 15) is 111 Å². The SMILES string of the molecule is CC(=O)N[C@H]1[C@H](O[C@H]2[C@H](O)[C@@H](CO)O[C@@H](OC[C@@H](O)[C@H](O)[C@H](O[C@@H]3O[C@H](CO)[C@H](O)[C@H](O[C@@H]4O[C@H](CO)[C@H](O)[C@H](O)[C@H]4O[C@@H]4O[C@@H](C)[C@@H](O)[C@@H](O)[C@@H]4O)[C@H]3O[C@@H]3O[C@@H](C)[C@@H](O)[C@@H](O)[C@@H]3O)[C@H](CO)NC(C)=O)[C@@H]2NC(C)=O)O[C@H](CO)[C@@H](O)[C@@H]1O. The molecule has 6 aliphatic rings. The van der Waals surface area contributed by atoms with Gasteiger partial charge in [0.1, 0.15) is 152 Å². The molecule has 85 heavy (non-hydrogen) atoms. The highest BCUT2D eigenvalue weighted by Gasteiger charge is 2.58. The quantitative estimate of drug-likeness (QED) is 0.0427. The number of ether oxygens (including phenoxy) is 12. The van der Waals surface area contributed by atoms with Gasteiger partial charge in [0.05, 0.1) is 57.9 Å². The number of nitrogens with one attached hydrogen (secondary N) is 3. The summed E-state index contributed by atoms with van der Waals surface area (Å²) in [4.78, 5) is 37.6. The highest BCUT2D eigenvalue weighted by molar-refractivity contribution is 5.74. The first kappa shape index (κ1) is 71.2. The summed E-state index contributed by atoms with van der Waals surface area (Å²) in [6.07, 6.45) is -60.5. The van der Waals surface area contributed by atoms with Crippen molar-refractivity contribution >= 4 is 17.7 Å². The van der Waals surface area contributed by atoms with Crippen molar-refractivity contribution in [3.8, 4) is 0 Å². The molecule has 37 nitrogen and oxygen atoms in total. The summed E-state index contributed by atoms with van der Waals surface area (Å²) < 4.78 is 70.6. The Hall–Kier alpha value is -2.83. The maximum Gasteiger partial charge on any atom is 0.217 e. The molecule has 22 N–H and O–H groups in total. The van der Waals surface area contributed by atoms with E-state index in [1.54, 1.807) is 0 Å². The van der Waals surface area contributed by atoms with Crippen molar-refractivity contribution in [1.29, 1.82) is 0 Å². The van der Waals surface area contributed by atoms with Crippen LogP contribution >= 0.6 is 0 Å². The number of amides is 3. The third-order valence-electron chi connectivity index (χ3n) is 15.3. The number of aliphatic hydroxyl groups is 19. The number of carbonyl (C=O) groups is 3. The smallest absolute Gasteiger partial charge is 0.217 e. The molecule has 0 aromatic carbocycles. The first-order chi connectivity index (χ1) is 40.0. The van der Waals surface area contributed by atoms with E-state index in [1.165, 1.54) is 13.8 Å². The molecule has 0 aromatic rings. The van der Waals surface area contributed by atoms with Crippen LogP contribution in [0.1, 0.15) is 34.6 Å². The van der Waals surface area contributed by atoms with E-state index in [2.05, 4.69) is 16.0 Å². The van der Waals surface area contributed by atoms with Gasteiger partial charge in [0.15, 0.2) is 37.7 Å². The second-order valence-electron chi connectivity index (χ2n) is 21.5. The van der Waals surface area contributed by atoms with Crippen LogP contribution < -0.4 is 16.0 Å². The fourth-order valence-corrected chi connectivity index (χ4v) is 10.6. The number of hydrogen-bond acceptors (Lipinski definition) is 34. The highest BCUT2D eigenvalue weighted by atomic mass is 16.8. The zero-order valence-corrected chi connectivity index (χ0v) is 46.5. The molecule has 0 radical (unpaired) electrons. The minimum Gasteiger partial charge on any atom is -0.394 e. The monoisotopic (exact) mass is 1250 g/mol. The van der Waals surface area contributed by atoms with Crippen LogP contribution in [0, 0.1) is 0 Å². The third-order valence-corrected chi connectivity index (χ3v) is 15.3. The van der Waals surface area contributed by atoms with Gasteiger partial charge >= 0.3 is 0 Å². The molecule has 0 saturated carbocycles. The molecule has 37 heteroatoms. The molecular weight excluding hydrogens is 1160 g/mol. The van der Waals surface area contributed by atoms with Crippen LogP contribution in [0.4, 0.5) is 0 Å². The molecule has 494 valence electrons. The summed E-state index contributed by atoms with van der Waals surface area (Å²) in [5.41, 5.74) is 0. The molecule has 0 bridgehead atoms. The first-order valence-electron chi connectivity index (χ1n) is 27.2. The normalized spacial score (nSPS) is 45.9. The molecule has 6 fully saturated rings. The van der Waals surface area contributed by atoms with E-state index in [4.69, 9.17) is 56.8 Å². The van der Waals surface area contributed by atoms with Crippen molar-refractivity contribution in [2.45, 2.75) is 243 Å². The number of rotatable bonds is 24. The van der Waals surface area contributed by atoms with Gasteiger partial charge < -0.3 is 170 Å². The van der Waals surface area contributed by atoms with Crippen LogP contribution in [0.3, 0.4) is 0 Å². The molecule has 0 unspecified atom stereocenters. The van der Waals surface area contributed by atoms with E-state index < -0.39 is 266 Å². The van der Waals surface area contributed by atoms with Gasteiger partial charge in [-0.1, -0.05) is 0 Å². The fourth-order valence-electron chi connectivity index (χ4n) is 10.6. The van der Waals surface area contributed by atoms with E-state index in [0.717, 1.165) is 20.8 Å². The van der Waals surface area contributed by atoms with E-state index in [1.807, 2.05) is 0 Å². The van der Waals surface area contributed by atoms with Gasteiger partial charge in [-0.25, -0.2) is 0 Å². The van der Waals surface area contributed by atoms with Crippen molar-refractivity contribution in [3.63, 3.8) is 0 Å². The van der Waals surface area contributed by atoms with Crippen molar-refractivity contribution in [2.24, 2.45) is 0 Å². The number of aliphatic hydroxyl groups excluding tert-OH is 19. The Morgan fingerprint density at radius 2 is 0.847 bits per heavy atom. The molecule has 6 saturated heterocycles. The topological polar surface area (TPSA) is 582 Å². The zero-order chi connectivity index (χ0) is 63.2. The average molecular weight is 1250 g/mol. The van der Waals surface area contributed by atoms with Gasteiger partial charge in [-0.3, -0.25) is 14.4 Å². The lowest BCUT2D eigenvalue weighted by molar-refractivity contribution is -0.407. The lowest BCUT2D eigenvalue weighted by atomic mass is 9.94. The lowest BCUT2D eigenvalue weighted by Gasteiger charge is -2.50. The van der Waals surface area contributed by atoms with Gasteiger partial charge in [0.25, 0.3) is 0 Å². The van der Waals surface area contributed by atoms with Crippen molar-refractivity contribution in [1.82, 2.24) is 16.0 Å². The predicted octanol–water partition coefficient (Wildman–Crippen LogP) is -14.2. The molecule has 6 aliphatic heterocycles. The van der Waals surface area contributed by atoms with E-state index in [-0.39, 0.29) is 0 Å². The average Bonchev–Trinajstić information content (AvgIpc) is 2.71. The molecule has 34 atom stereocenters. The maximum atomic E-state index is 12.7. The van der Waals surface area contributed by atoms with Gasteiger partial charge in [-0.2, -0.15) is 0 Å². The Kier molecular flexibility index (Phi) is 26.2. The number of hydrogen-bond donors (Lipinski definition) is 22. The van der Waals surface area contributed by atoms with Gasteiger partial charge in [0.2, 0.25) is 17.7 Å². The zero-order valence-electron chi connectivity index (χ0n) is 46.5. The lowest BCUT2D eigenvalue weighted by Crippen LogP contribution is -2.70. The summed E-state index contributed by atoms with van der Waals surface area (Å²) in [5.74, 6) is -2.51. The number of carbonyl (C=O) groups excluding carboxylic acids is 3. The van der Waals surface area contributed by atoms with E-state index in [0.29, 0.717) is 0 Å². The van der Waals surface area contributed by atoms with Crippen molar-refractivity contribution in [3.05, 3.63) is 0 Å². The summed E-state index contributed by atoms with van der Waals surface area (Å²) in [5, 5.41) is 215. The van der Waals surface area contributed by atoms with Crippen LogP contribution in [0.5, 0.6) is 0 Å². The van der Waals surface area contributed by atoms with Crippen LogP contribution in [0.25, 0.3) is 0 Å². The third kappa shape index (κ3) is 16.4. The second kappa shape index (κ2) is 31.3. The Morgan fingerprint density at radius 3 is 1.34 bits per heavy atom. The summed E-state index contributed by atoms with van der Waals surface area (Å²) >= 11 is 0. The second-order valence-corrected chi connectivity index (χ2v) is 21.5. The van der Waals surface area contributed by atoms with Crippen LogP contribution in [0.15, 0.2) is 0 Å². The molecule has 0 aromatic heterocycles. The molecule has 0 spiro atoms. The molecular formula is C48H83N3O34. The van der Waals surface area contributed by atoms with Crippen molar-refractivity contribution < 1.29 is 168 Å². The molecule has 6 heterocycles. The van der Waals surface area contributed by atoms with E-state index >= 15 is 0 Å². The largest absolute Gasteiger partial charge is 0.394 e. The Morgan fingerprint density at radius 1 is 0.424 bits per heavy atom. The molecule has 0 aliphatic carbocycles. The van der Waals surface area contributed by atoms with Gasteiger partial charge in [0, 0.05) is 20.8 Å². The summed E-state index contributed by atoms with van der Waals surface area (Å²) in [6.45, 7) is -0.824. The highest BCUT2D eigenvalue weighted by Crippen LogP contribution is 2.38. The van der Waals surface area contributed by atoms with Crippen LogP contribution in [0.2, 0.25) is 0 Å². The fraction of sp³-hybridized carbons (Fsp3) is 0.938. The van der Waals surface area contributed by atoms with Crippen LogP contribution in [-0.2, 0) is 71.2 Å².